The van der Waals surface area contributed by atoms with Crippen LogP contribution in [0.2, 0.25) is 0 Å². The molecule has 0 fully saturated rings. The van der Waals surface area contributed by atoms with Gasteiger partial charge in [-0.15, -0.1) is 0 Å². The number of carbonyl (C=O) groups is 1. The predicted molar refractivity (Wildman–Crippen MR) is 75.5 cm³/mol. The predicted octanol–water partition coefficient (Wildman–Crippen LogP) is 3.00. The highest BCUT2D eigenvalue weighted by Crippen LogP contribution is 2.37. The second-order valence-electron chi connectivity index (χ2n) is 5.07. The number of carbonyl (C=O) groups excluding carboxylic acids is 1. The number of hydrogen-bond donors (Lipinski definition) is 1. The van der Waals surface area contributed by atoms with E-state index in [-0.39, 0.29) is 28.9 Å². The van der Waals surface area contributed by atoms with Gasteiger partial charge in [0.2, 0.25) is 5.75 Å². The first-order valence-corrected chi connectivity index (χ1v) is 6.55. The molecule has 0 radical (unpaired) electrons. The molecule has 1 unspecified atom stereocenters. The summed E-state index contributed by atoms with van der Waals surface area (Å²) in [7, 11) is 2.82. The Bertz CT molecular complexity index is 442. The number of methoxy groups -OCH3 is 2. The standard InChI is InChI=1S/C15H22O5/c1-9(2)6-10(3)20-15(17)11-7-12(18-4)14(16)13(8-11)19-5/h7-10,16H,6H2,1-5H3. The molecule has 5 nitrogen and oxygen atoms in total. The highest BCUT2D eigenvalue weighted by atomic mass is 16.5. The Labute approximate surface area is 119 Å². The molecule has 0 saturated carbocycles. The normalized spacial score (nSPS) is 12.1. The van der Waals surface area contributed by atoms with Crippen LogP contribution in [0.1, 0.15) is 37.6 Å². The number of aromatic hydroxyl groups is 1. The van der Waals surface area contributed by atoms with Crippen molar-refractivity contribution in [2.75, 3.05) is 14.2 Å². The Morgan fingerprint density at radius 1 is 1.15 bits per heavy atom. The molecule has 20 heavy (non-hydrogen) atoms. The Balaban J connectivity index is 2.93. The van der Waals surface area contributed by atoms with Gasteiger partial charge in [-0.3, -0.25) is 0 Å². The van der Waals surface area contributed by atoms with Crippen molar-refractivity contribution in [1.29, 1.82) is 0 Å². The monoisotopic (exact) mass is 282 g/mol. The first-order valence-electron chi connectivity index (χ1n) is 6.55. The summed E-state index contributed by atoms with van der Waals surface area (Å²) < 4.78 is 15.4. The number of phenols is 1. The lowest BCUT2D eigenvalue weighted by molar-refractivity contribution is 0.0299. The van der Waals surface area contributed by atoms with Crippen LogP contribution < -0.4 is 9.47 Å². The minimum Gasteiger partial charge on any atom is -0.502 e. The molecule has 112 valence electrons. The molecule has 0 saturated heterocycles. The lowest BCUT2D eigenvalue weighted by atomic mass is 10.1. The van der Waals surface area contributed by atoms with Crippen molar-refractivity contribution in [1.82, 2.24) is 0 Å². The third kappa shape index (κ3) is 4.05. The van der Waals surface area contributed by atoms with Crippen molar-refractivity contribution in [3.8, 4) is 17.2 Å². The Hall–Kier alpha value is -1.91. The summed E-state index contributed by atoms with van der Waals surface area (Å²) in [4.78, 5) is 12.1. The largest absolute Gasteiger partial charge is 0.502 e. The van der Waals surface area contributed by atoms with Gasteiger partial charge in [-0.2, -0.15) is 0 Å². The number of hydrogen-bond acceptors (Lipinski definition) is 5. The van der Waals surface area contributed by atoms with Crippen LogP contribution in [-0.4, -0.2) is 31.4 Å². The van der Waals surface area contributed by atoms with Gasteiger partial charge < -0.3 is 19.3 Å². The third-order valence-electron chi connectivity index (χ3n) is 2.83. The zero-order valence-corrected chi connectivity index (χ0v) is 12.6. The lowest BCUT2D eigenvalue weighted by Gasteiger charge is -2.16. The van der Waals surface area contributed by atoms with E-state index in [1.54, 1.807) is 0 Å². The molecule has 0 aliphatic carbocycles. The van der Waals surface area contributed by atoms with Crippen LogP contribution in [0.3, 0.4) is 0 Å². The van der Waals surface area contributed by atoms with E-state index in [1.807, 2.05) is 6.92 Å². The van der Waals surface area contributed by atoms with E-state index in [1.165, 1.54) is 26.4 Å². The third-order valence-corrected chi connectivity index (χ3v) is 2.83. The lowest BCUT2D eigenvalue weighted by Crippen LogP contribution is -2.17. The average Bonchev–Trinajstić information content (AvgIpc) is 2.37. The Morgan fingerprint density at radius 3 is 2.05 bits per heavy atom. The fourth-order valence-electron chi connectivity index (χ4n) is 1.97. The summed E-state index contributed by atoms with van der Waals surface area (Å²) in [6.45, 7) is 5.99. The molecule has 1 aromatic carbocycles. The zero-order valence-electron chi connectivity index (χ0n) is 12.6. The van der Waals surface area contributed by atoms with Crippen molar-refractivity contribution < 1.29 is 24.1 Å². The second kappa shape index (κ2) is 7.03. The van der Waals surface area contributed by atoms with E-state index < -0.39 is 5.97 Å². The van der Waals surface area contributed by atoms with Crippen molar-refractivity contribution in [3.05, 3.63) is 17.7 Å². The first-order chi connectivity index (χ1) is 9.38. The fourth-order valence-corrected chi connectivity index (χ4v) is 1.97. The number of esters is 1. The maximum absolute atomic E-state index is 12.1. The van der Waals surface area contributed by atoms with Crippen LogP contribution in [-0.2, 0) is 4.74 Å². The van der Waals surface area contributed by atoms with Gasteiger partial charge in [-0.05, 0) is 31.4 Å². The summed E-state index contributed by atoms with van der Waals surface area (Å²) in [5.74, 6) is 0.193. The summed E-state index contributed by atoms with van der Waals surface area (Å²) in [6, 6.07) is 2.87. The van der Waals surface area contributed by atoms with Crippen molar-refractivity contribution >= 4 is 5.97 Å². The van der Waals surface area contributed by atoms with Gasteiger partial charge in [0.1, 0.15) is 0 Å². The topological polar surface area (TPSA) is 65.0 Å². The molecule has 1 aromatic rings. The van der Waals surface area contributed by atoms with Gasteiger partial charge in [0.05, 0.1) is 25.9 Å². The van der Waals surface area contributed by atoms with E-state index >= 15 is 0 Å². The van der Waals surface area contributed by atoms with Gasteiger partial charge in [-0.25, -0.2) is 4.79 Å². The van der Waals surface area contributed by atoms with Gasteiger partial charge in [0, 0.05) is 0 Å². The molecular weight excluding hydrogens is 260 g/mol. The average molecular weight is 282 g/mol. The molecule has 5 heteroatoms. The number of rotatable bonds is 6. The van der Waals surface area contributed by atoms with Crippen molar-refractivity contribution in [2.45, 2.75) is 33.3 Å². The SMILES string of the molecule is COc1cc(C(=O)OC(C)CC(C)C)cc(OC)c1O. The molecule has 1 rings (SSSR count). The number of benzene rings is 1. The minimum absolute atomic E-state index is 0.137. The molecule has 0 amide bonds. The smallest absolute Gasteiger partial charge is 0.338 e. The van der Waals surface area contributed by atoms with Crippen molar-refractivity contribution in [3.63, 3.8) is 0 Å². The fraction of sp³-hybridized carbons (Fsp3) is 0.533. The van der Waals surface area contributed by atoms with Crippen LogP contribution in [0.25, 0.3) is 0 Å². The van der Waals surface area contributed by atoms with Gasteiger partial charge in [0.15, 0.2) is 11.5 Å². The van der Waals surface area contributed by atoms with Crippen LogP contribution in [0.15, 0.2) is 12.1 Å². The van der Waals surface area contributed by atoms with Gasteiger partial charge in [0.25, 0.3) is 0 Å². The summed E-state index contributed by atoms with van der Waals surface area (Å²) in [6.07, 6.45) is 0.617. The van der Waals surface area contributed by atoms with Gasteiger partial charge >= 0.3 is 5.97 Å². The van der Waals surface area contributed by atoms with Crippen molar-refractivity contribution in [2.24, 2.45) is 5.92 Å². The highest BCUT2D eigenvalue weighted by molar-refractivity contribution is 5.91. The number of phenolic OH excluding ortho intramolecular Hbond substituents is 1. The van der Waals surface area contributed by atoms with E-state index in [9.17, 15) is 9.90 Å². The molecule has 0 aliphatic heterocycles. The Kier molecular flexibility index (Phi) is 5.67. The van der Waals surface area contributed by atoms with Gasteiger partial charge in [-0.1, -0.05) is 13.8 Å². The first kappa shape index (κ1) is 16.1. The molecular formula is C15H22O5. The maximum atomic E-state index is 12.1. The van der Waals surface area contributed by atoms with E-state index in [2.05, 4.69) is 13.8 Å². The summed E-state index contributed by atoms with van der Waals surface area (Å²) in [5, 5.41) is 9.79. The summed E-state index contributed by atoms with van der Waals surface area (Å²) >= 11 is 0. The Morgan fingerprint density at radius 2 is 1.65 bits per heavy atom. The second-order valence-corrected chi connectivity index (χ2v) is 5.07. The maximum Gasteiger partial charge on any atom is 0.338 e. The van der Waals surface area contributed by atoms with Crippen LogP contribution in [0.4, 0.5) is 0 Å². The van der Waals surface area contributed by atoms with Crippen LogP contribution >= 0.6 is 0 Å². The molecule has 0 aromatic heterocycles. The quantitative estimate of drug-likeness (QED) is 0.812. The molecule has 0 heterocycles. The molecule has 0 bridgehead atoms. The molecule has 0 spiro atoms. The van der Waals surface area contributed by atoms with E-state index in [0.717, 1.165) is 6.42 Å². The minimum atomic E-state index is -0.463. The highest BCUT2D eigenvalue weighted by Gasteiger charge is 2.18. The van der Waals surface area contributed by atoms with Crippen LogP contribution in [0.5, 0.6) is 17.2 Å². The molecule has 0 aliphatic rings. The number of ether oxygens (including phenoxy) is 3. The molecule has 1 N–H and O–H groups in total. The van der Waals surface area contributed by atoms with E-state index in [0.29, 0.717) is 5.92 Å². The molecule has 1 atom stereocenters. The van der Waals surface area contributed by atoms with E-state index in [4.69, 9.17) is 14.2 Å². The summed E-state index contributed by atoms with van der Waals surface area (Å²) in [5.41, 5.74) is 0.284. The van der Waals surface area contributed by atoms with Crippen LogP contribution in [0, 0.1) is 5.92 Å². The zero-order chi connectivity index (χ0) is 15.3.